The summed E-state index contributed by atoms with van der Waals surface area (Å²) in [5.74, 6) is -0.463. The van der Waals surface area contributed by atoms with Gasteiger partial charge < -0.3 is 20.4 Å². The molecule has 0 unspecified atom stereocenters. The van der Waals surface area contributed by atoms with Gasteiger partial charge in [0.1, 0.15) is 11.2 Å². The molecule has 4 rings (SSSR count). The highest BCUT2D eigenvalue weighted by molar-refractivity contribution is 9.10. The fourth-order valence-corrected chi connectivity index (χ4v) is 3.61. The number of hydrogen-bond acceptors (Lipinski definition) is 4. The molecule has 2 amide bonds. The molecule has 3 N–H and O–H groups in total. The van der Waals surface area contributed by atoms with Crippen molar-refractivity contribution in [1.29, 1.82) is 0 Å². The molecule has 128 valence electrons. The third kappa shape index (κ3) is 2.87. The van der Waals surface area contributed by atoms with Crippen LogP contribution in [-0.2, 0) is 20.7 Å². The van der Waals surface area contributed by atoms with Gasteiger partial charge in [-0.25, -0.2) is 4.98 Å². The third-order valence-electron chi connectivity index (χ3n) is 4.25. The Morgan fingerprint density at radius 1 is 1.40 bits per heavy atom. The van der Waals surface area contributed by atoms with E-state index in [1.807, 2.05) is 18.2 Å². The number of hydrogen-bond donors (Lipinski definition) is 2. The summed E-state index contributed by atoms with van der Waals surface area (Å²) in [6.45, 7) is 1.15. The van der Waals surface area contributed by atoms with Crippen molar-refractivity contribution in [3.05, 3.63) is 34.4 Å². The number of amides is 2. The maximum atomic E-state index is 12.0. The summed E-state index contributed by atoms with van der Waals surface area (Å²) in [6.07, 6.45) is 0.124. The van der Waals surface area contributed by atoms with Gasteiger partial charge in [0.25, 0.3) is 5.91 Å². The van der Waals surface area contributed by atoms with Gasteiger partial charge in [-0.2, -0.15) is 0 Å². The van der Waals surface area contributed by atoms with Crippen LogP contribution in [0.1, 0.15) is 5.56 Å². The van der Waals surface area contributed by atoms with Gasteiger partial charge >= 0.3 is 0 Å². The van der Waals surface area contributed by atoms with E-state index in [0.29, 0.717) is 17.8 Å². The highest BCUT2D eigenvalue weighted by atomic mass is 79.9. The number of pyridine rings is 1. The van der Waals surface area contributed by atoms with Gasteiger partial charge in [0.2, 0.25) is 5.91 Å². The van der Waals surface area contributed by atoms with Gasteiger partial charge in [0.15, 0.2) is 0 Å². The van der Waals surface area contributed by atoms with Crippen LogP contribution < -0.4 is 10.6 Å². The molecule has 1 aliphatic heterocycles. The first-order valence-corrected chi connectivity index (χ1v) is 8.59. The summed E-state index contributed by atoms with van der Waals surface area (Å²) >= 11 is 3.38. The van der Waals surface area contributed by atoms with Gasteiger partial charge in [-0.3, -0.25) is 9.59 Å². The number of anilines is 1. The molecule has 0 aliphatic carbocycles. The third-order valence-corrected chi connectivity index (χ3v) is 4.66. The van der Waals surface area contributed by atoms with Crippen molar-refractivity contribution in [3.8, 4) is 0 Å². The average molecular weight is 403 g/mol. The summed E-state index contributed by atoms with van der Waals surface area (Å²) in [5.41, 5.74) is 9.34. The summed E-state index contributed by atoms with van der Waals surface area (Å²) in [6, 6.07) is 7.53. The lowest BCUT2D eigenvalue weighted by Gasteiger charge is -2.26. The Kier molecular flexibility index (Phi) is 3.93. The van der Waals surface area contributed by atoms with Crippen LogP contribution in [0.2, 0.25) is 0 Å². The lowest BCUT2D eigenvalue weighted by atomic mass is 10.1. The number of ether oxygens (including phenoxy) is 1. The quantitative estimate of drug-likeness (QED) is 0.652. The second-order valence-corrected chi connectivity index (χ2v) is 6.74. The number of primary amides is 1. The Bertz CT molecular complexity index is 1010. The molecular weight excluding hydrogens is 388 g/mol. The number of H-pyrrole nitrogens is 1. The zero-order chi connectivity index (χ0) is 17.6. The minimum atomic E-state index is -0.405. The Morgan fingerprint density at radius 3 is 3.00 bits per heavy atom. The van der Waals surface area contributed by atoms with E-state index in [2.05, 4.69) is 25.9 Å². The number of nitrogens with zero attached hydrogens (tertiary/aromatic N) is 2. The SMILES string of the molecule is NC(=O)Cc1cc(Br)nc2c1[nH]c1cc(N3CCOCC3=O)ccc12. The molecule has 0 saturated carbocycles. The van der Waals surface area contributed by atoms with Crippen molar-refractivity contribution in [2.24, 2.45) is 5.73 Å². The number of nitrogens with one attached hydrogen (secondary N) is 1. The van der Waals surface area contributed by atoms with E-state index >= 15 is 0 Å². The van der Waals surface area contributed by atoms with Crippen LogP contribution in [0.25, 0.3) is 21.9 Å². The Morgan fingerprint density at radius 2 is 2.24 bits per heavy atom. The first-order chi connectivity index (χ1) is 12.0. The number of carbonyl (C=O) groups is 2. The Balaban J connectivity index is 1.87. The average Bonchev–Trinajstić information content (AvgIpc) is 2.93. The first-order valence-electron chi connectivity index (χ1n) is 7.80. The second kappa shape index (κ2) is 6.12. The molecule has 1 saturated heterocycles. The molecular formula is C17H15BrN4O3. The van der Waals surface area contributed by atoms with Crippen LogP contribution in [0.5, 0.6) is 0 Å². The second-order valence-electron chi connectivity index (χ2n) is 5.92. The topological polar surface area (TPSA) is 101 Å². The van der Waals surface area contributed by atoms with Gasteiger partial charge in [-0.05, 0) is 45.8 Å². The van der Waals surface area contributed by atoms with Crippen LogP contribution >= 0.6 is 15.9 Å². The molecule has 2 aromatic heterocycles. The predicted octanol–water partition coefficient (Wildman–Crippen LogP) is 1.87. The number of morpholine rings is 1. The van der Waals surface area contributed by atoms with Gasteiger partial charge in [0, 0.05) is 17.6 Å². The molecule has 1 aromatic carbocycles. The highest BCUT2D eigenvalue weighted by Gasteiger charge is 2.21. The first kappa shape index (κ1) is 16.0. The van der Waals surface area contributed by atoms with Gasteiger partial charge in [0.05, 0.1) is 29.6 Å². The molecule has 1 fully saturated rings. The Hall–Kier alpha value is -2.45. The number of carbonyl (C=O) groups excluding carboxylic acids is 2. The number of halogens is 1. The number of fused-ring (bicyclic) bond motifs is 3. The molecule has 8 heteroatoms. The maximum absolute atomic E-state index is 12.0. The minimum absolute atomic E-state index is 0.0583. The van der Waals surface area contributed by atoms with Crippen molar-refractivity contribution < 1.29 is 14.3 Å². The number of aromatic amines is 1. The van der Waals surface area contributed by atoms with Crippen molar-refractivity contribution in [2.45, 2.75) is 6.42 Å². The van der Waals surface area contributed by atoms with E-state index in [9.17, 15) is 9.59 Å². The number of nitrogens with two attached hydrogens (primary N) is 1. The number of aromatic nitrogens is 2. The maximum Gasteiger partial charge on any atom is 0.253 e. The molecule has 1 aliphatic rings. The predicted molar refractivity (Wildman–Crippen MR) is 97.4 cm³/mol. The molecule has 7 nitrogen and oxygen atoms in total. The molecule has 3 aromatic rings. The standard InChI is InChI=1S/C17H15BrN4O3/c18-13-5-9(6-14(19)23)16-17(21-13)11-2-1-10(7-12(11)20-16)22-3-4-25-8-15(22)24/h1-2,5,7,20H,3-4,6,8H2,(H2,19,23). The van der Waals surface area contributed by atoms with E-state index in [-0.39, 0.29) is 18.9 Å². The normalized spacial score (nSPS) is 15.2. The number of benzene rings is 1. The summed E-state index contributed by atoms with van der Waals surface area (Å²) in [4.78, 5) is 32.9. The fourth-order valence-electron chi connectivity index (χ4n) is 3.16. The molecule has 0 atom stereocenters. The molecule has 0 bridgehead atoms. The van der Waals surface area contributed by atoms with E-state index in [1.54, 1.807) is 11.0 Å². The van der Waals surface area contributed by atoms with Crippen LogP contribution in [0.3, 0.4) is 0 Å². The van der Waals surface area contributed by atoms with Crippen molar-refractivity contribution >= 4 is 55.4 Å². The van der Waals surface area contributed by atoms with Crippen LogP contribution in [0.15, 0.2) is 28.9 Å². The molecule has 0 radical (unpaired) electrons. The lowest BCUT2D eigenvalue weighted by molar-refractivity contribution is -0.125. The van der Waals surface area contributed by atoms with Crippen LogP contribution in [0, 0.1) is 0 Å². The molecule has 3 heterocycles. The van der Waals surface area contributed by atoms with E-state index in [4.69, 9.17) is 10.5 Å². The van der Waals surface area contributed by atoms with Crippen molar-refractivity contribution in [1.82, 2.24) is 9.97 Å². The zero-order valence-electron chi connectivity index (χ0n) is 13.2. The van der Waals surface area contributed by atoms with Gasteiger partial charge in [-0.15, -0.1) is 0 Å². The summed E-state index contributed by atoms with van der Waals surface area (Å²) in [5, 5.41) is 0.923. The minimum Gasteiger partial charge on any atom is -0.370 e. The molecule has 0 spiro atoms. The monoisotopic (exact) mass is 402 g/mol. The van der Waals surface area contributed by atoms with Gasteiger partial charge in [-0.1, -0.05) is 0 Å². The fraction of sp³-hybridized carbons (Fsp3) is 0.235. The van der Waals surface area contributed by atoms with Crippen LogP contribution in [0.4, 0.5) is 5.69 Å². The summed E-state index contributed by atoms with van der Waals surface area (Å²) in [7, 11) is 0. The van der Waals surface area contributed by atoms with E-state index in [1.165, 1.54) is 0 Å². The number of rotatable bonds is 3. The highest BCUT2D eigenvalue weighted by Crippen LogP contribution is 2.31. The zero-order valence-corrected chi connectivity index (χ0v) is 14.8. The van der Waals surface area contributed by atoms with Crippen molar-refractivity contribution in [3.63, 3.8) is 0 Å². The summed E-state index contributed by atoms with van der Waals surface area (Å²) < 4.78 is 5.82. The lowest BCUT2D eigenvalue weighted by Crippen LogP contribution is -2.41. The van der Waals surface area contributed by atoms with E-state index < -0.39 is 5.91 Å². The van der Waals surface area contributed by atoms with Crippen molar-refractivity contribution in [2.75, 3.05) is 24.7 Å². The smallest absolute Gasteiger partial charge is 0.253 e. The Labute approximate surface area is 151 Å². The van der Waals surface area contributed by atoms with Crippen LogP contribution in [-0.4, -0.2) is 41.5 Å². The largest absolute Gasteiger partial charge is 0.370 e. The molecule has 25 heavy (non-hydrogen) atoms. The van der Waals surface area contributed by atoms with E-state index in [0.717, 1.165) is 33.2 Å².